The number of benzene rings is 2. The molecule has 1 aromatic heterocycles. The van der Waals surface area contributed by atoms with Gasteiger partial charge in [-0.1, -0.05) is 12.1 Å². The summed E-state index contributed by atoms with van der Waals surface area (Å²) in [5, 5.41) is 0.364. The molecule has 6 nitrogen and oxygen atoms in total. The lowest BCUT2D eigenvalue weighted by Gasteiger charge is -2.13. The SMILES string of the molecule is COc1cc(C(=O)Sc2nc3ccccc3[nH]2)cc(OC)c1OC. The number of carbonyl (C=O) groups is 1. The van der Waals surface area contributed by atoms with Crippen molar-refractivity contribution in [2.24, 2.45) is 0 Å². The molecular formula is C17H16N2O4S. The highest BCUT2D eigenvalue weighted by molar-refractivity contribution is 8.14. The predicted molar refractivity (Wildman–Crippen MR) is 92.4 cm³/mol. The molecule has 3 rings (SSSR count). The minimum absolute atomic E-state index is 0.173. The molecule has 24 heavy (non-hydrogen) atoms. The summed E-state index contributed by atoms with van der Waals surface area (Å²) < 4.78 is 15.8. The summed E-state index contributed by atoms with van der Waals surface area (Å²) in [7, 11) is 4.54. The monoisotopic (exact) mass is 344 g/mol. The van der Waals surface area contributed by atoms with Crippen LogP contribution in [0.2, 0.25) is 0 Å². The second kappa shape index (κ2) is 6.84. The van der Waals surface area contributed by atoms with Crippen molar-refractivity contribution < 1.29 is 19.0 Å². The molecule has 0 atom stereocenters. The molecule has 2 aromatic carbocycles. The third kappa shape index (κ3) is 3.03. The lowest BCUT2D eigenvalue weighted by Crippen LogP contribution is -2.00. The Morgan fingerprint density at radius 1 is 1.04 bits per heavy atom. The first-order valence-electron chi connectivity index (χ1n) is 7.13. The van der Waals surface area contributed by atoms with E-state index in [9.17, 15) is 4.79 Å². The van der Waals surface area contributed by atoms with Crippen molar-refractivity contribution in [3.05, 3.63) is 42.0 Å². The first kappa shape index (κ1) is 16.2. The average molecular weight is 344 g/mol. The van der Waals surface area contributed by atoms with Gasteiger partial charge in [-0.25, -0.2) is 4.98 Å². The van der Waals surface area contributed by atoms with E-state index in [1.165, 1.54) is 21.3 Å². The van der Waals surface area contributed by atoms with Gasteiger partial charge in [0.25, 0.3) is 0 Å². The van der Waals surface area contributed by atoms with Crippen molar-refractivity contribution >= 4 is 27.9 Å². The number of aromatic amines is 1. The number of fused-ring (bicyclic) bond motifs is 1. The topological polar surface area (TPSA) is 73.4 Å². The van der Waals surface area contributed by atoms with Gasteiger partial charge in [-0.2, -0.15) is 0 Å². The highest BCUT2D eigenvalue weighted by Gasteiger charge is 2.18. The van der Waals surface area contributed by atoms with Crippen LogP contribution in [0.3, 0.4) is 0 Å². The number of hydrogen-bond acceptors (Lipinski definition) is 6. The molecule has 7 heteroatoms. The van der Waals surface area contributed by atoms with Gasteiger partial charge in [-0.15, -0.1) is 0 Å². The van der Waals surface area contributed by atoms with Crippen LogP contribution in [0, 0.1) is 0 Å². The highest BCUT2D eigenvalue weighted by atomic mass is 32.2. The minimum Gasteiger partial charge on any atom is -0.493 e. The van der Waals surface area contributed by atoms with Gasteiger partial charge < -0.3 is 19.2 Å². The number of nitrogens with zero attached hydrogens (tertiary/aromatic N) is 1. The van der Waals surface area contributed by atoms with E-state index in [1.807, 2.05) is 24.3 Å². The number of thioether (sulfide) groups is 1. The average Bonchev–Trinajstić information content (AvgIpc) is 3.02. The van der Waals surface area contributed by atoms with Crippen LogP contribution in [0.25, 0.3) is 11.0 Å². The van der Waals surface area contributed by atoms with Crippen LogP contribution in [0.15, 0.2) is 41.6 Å². The molecule has 0 saturated carbocycles. The zero-order valence-electron chi connectivity index (χ0n) is 13.5. The van der Waals surface area contributed by atoms with Crippen LogP contribution < -0.4 is 14.2 Å². The molecular weight excluding hydrogens is 328 g/mol. The van der Waals surface area contributed by atoms with E-state index in [2.05, 4.69) is 9.97 Å². The molecule has 0 saturated heterocycles. The number of para-hydroxylation sites is 2. The number of H-pyrrole nitrogens is 1. The summed E-state index contributed by atoms with van der Waals surface area (Å²) in [6.07, 6.45) is 0. The maximum absolute atomic E-state index is 12.6. The van der Waals surface area contributed by atoms with Crippen molar-refractivity contribution in [3.63, 3.8) is 0 Å². The molecule has 1 heterocycles. The van der Waals surface area contributed by atoms with Gasteiger partial charge in [-0.3, -0.25) is 4.79 Å². The molecule has 0 spiro atoms. The normalized spacial score (nSPS) is 10.6. The molecule has 0 radical (unpaired) electrons. The molecule has 124 valence electrons. The molecule has 0 bridgehead atoms. The molecule has 0 amide bonds. The van der Waals surface area contributed by atoms with E-state index in [4.69, 9.17) is 14.2 Å². The van der Waals surface area contributed by atoms with E-state index in [1.54, 1.807) is 12.1 Å². The van der Waals surface area contributed by atoms with Gasteiger partial charge in [0.15, 0.2) is 16.7 Å². The van der Waals surface area contributed by atoms with Crippen LogP contribution >= 0.6 is 11.8 Å². The van der Waals surface area contributed by atoms with Crippen molar-refractivity contribution in [1.29, 1.82) is 0 Å². The lowest BCUT2D eigenvalue weighted by atomic mass is 10.2. The first-order chi connectivity index (χ1) is 11.7. The third-order valence-electron chi connectivity index (χ3n) is 3.46. The Hall–Kier alpha value is -2.67. The number of rotatable bonds is 5. The number of hydrogen-bond donors (Lipinski definition) is 1. The van der Waals surface area contributed by atoms with Crippen LogP contribution in [0.5, 0.6) is 17.2 Å². The zero-order valence-corrected chi connectivity index (χ0v) is 14.3. The second-order valence-corrected chi connectivity index (χ2v) is 5.82. The van der Waals surface area contributed by atoms with Crippen LogP contribution in [-0.2, 0) is 0 Å². The van der Waals surface area contributed by atoms with Gasteiger partial charge >= 0.3 is 0 Å². The van der Waals surface area contributed by atoms with Crippen LogP contribution in [0.4, 0.5) is 0 Å². The number of methoxy groups -OCH3 is 3. The fourth-order valence-electron chi connectivity index (χ4n) is 2.32. The minimum atomic E-state index is -0.173. The summed E-state index contributed by atoms with van der Waals surface area (Å²) in [5.74, 6) is 1.32. The van der Waals surface area contributed by atoms with Gasteiger partial charge in [0.1, 0.15) is 0 Å². The quantitative estimate of drug-likeness (QED) is 0.714. The number of ether oxygens (including phenoxy) is 3. The van der Waals surface area contributed by atoms with Gasteiger partial charge in [0.05, 0.1) is 32.4 Å². The number of carbonyl (C=O) groups excluding carboxylic acids is 1. The van der Waals surface area contributed by atoms with Gasteiger partial charge in [0, 0.05) is 5.56 Å². The largest absolute Gasteiger partial charge is 0.493 e. The Balaban J connectivity index is 1.91. The van der Waals surface area contributed by atoms with Crippen LogP contribution in [0.1, 0.15) is 10.4 Å². The summed E-state index contributed by atoms with van der Waals surface area (Å²) >= 11 is 1.02. The van der Waals surface area contributed by atoms with Gasteiger partial charge in [0.2, 0.25) is 10.9 Å². The smallest absolute Gasteiger partial charge is 0.227 e. The lowest BCUT2D eigenvalue weighted by molar-refractivity contribution is 0.108. The maximum Gasteiger partial charge on any atom is 0.227 e. The number of nitrogens with one attached hydrogen (secondary N) is 1. The predicted octanol–water partition coefficient (Wildman–Crippen LogP) is 3.52. The van der Waals surface area contributed by atoms with Crippen molar-refractivity contribution in [1.82, 2.24) is 9.97 Å². The molecule has 3 aromatic rings. The fraction of sp³-hybridized carbons (Fsp3) is 0.176. The van der Waals surface area contributed by atoms with E-state index in [0.717, 1.165) is 22.8 Å². The van der Waals surface area contributed by atoms with Gasteiger partial charge in [-0.05, 0) is 36.0 Å². The summed E-state index contributed by atoms with van der Waals surface area (Å²) in [4.78, 5) is 20.1. The number of aromatic nitrogens is 2. The molecule has 0 aliphatic carbocycles. The summed E-state index contributed by atoms with van der Waals surface area (Å²) in [6, 6.07) is 10.9. The van der Waals surface area contributed by atoms with Crippen molar-refractivity contribution in [2.75, 3.05) is 21.3 Å². The van der Waals surface area contributed by atoms with Crippen molar-refractivity contribution in [3.8, 4) is 17.2 Å². The fourth-order valence-corrected chi connectivity index (χ4v) is 3.04. The first-order valence-corrected chi connectivity index (χ1v) is 7.95. The Morgan fingerprint density at radius 3 is 2.29 bits per heavy atom. The summed E-state index contributed by atoms with van der Waals surface area (Å²) in [5.41, 5.74) is 2.14. The van der Waals surface area contributed by atoms with Crippen molar-refractivity contribution in [2.45, 2.75) is 5.16 Å². The molecule has 0 unspecified atom stereocenters. The van der Waals surface area contributed by atoms with E-state index < -0.39 is 0 Å². The van der Waals surface area contributed by atoms with Crippen LogP contribution in [-0.4, -0.2) is 36.4 Å². The Kier molecular flexibility index (Phi) is 4.61. The maximum atomic E-state index is 12.6. The Labute approximate surface area is 143 Å². The second-order valence-electron chi connectivity index (χ2n) is 4.86. The molecule has 0 fully saturated rings. The van der Waals surface area contributed by atoms with E-state index >= 15 is 0 Å². The Bertz CT molecular complexity index is 833. The molecule has 0 aliphatic rings. The summed E-state index contributed by atoms with van der Waals surface area (Å²) in [6.45, 7) is 0. The van der Waals surface area contributed by atoms with E-state index in [0.29, 0.717) is 28.0 Å². The zero-order chi connectivity index (χ0) is 17.1. The number of imidazole rings is 1. The Morgan fingerprint density at radius 2 is 1.71 bits per heavy atom. The molecule has 1 N–H and O–H groups in total. The standard InChI is InChI=1S/C17H16N2O4S/c1-21-13-8-10(9-14(22-2)15(13)23-3)16(20)24-17-18-11-6-4-5-7-12(11)19-17/h4-9H,1-3H3,(H,18,19). The third-order valence-corrected chi connectivity index (χ3v) is 4.27. The molecule has 0 aliphatic heterocycles. The van der Waals surface area contributed by atoms with E-state index in [-0.39, 0.29) is 5.12 Å². The highest BCUT2D eigenvalue weighted by Crippen LogP contribution is 2.39.